The van der Waals surface area contributed by atoms with Gasteiger partial charge in [0.25, 0.3) is 0 Å². The van der Waals surface area contributed by atoms with Crippen LogP contribution in [-0.4, -0.2) is 34.3 Å². The predicted octanol–water partition coefficient (Wildman–Crippen LogP) is 2.75. The lowest BCUT2D eigenvalue weighted by atomic mass is 10.1. The number of nitrogens with two attached hydrogens (primary N) is 1. The van der Waals surface area contributed by atoms with Crippen molar-refractivity contribution in [2.75, 3.05) is 12.0 Å². The van der Waals surface area contributed by atoms with Crippen LogP contribution in [0.25, 0.3) is 28.0 Å². The van der Waals surface area contributed by atoms with E-state index in [0.717, 1.165) is 28.6 Å². The maximum absolute atomic E-state index is 12.0. The molecule has 0 bridgehead atoms. The third kappa shape index (κ3) is 2.93. The lowest BCUT2D eigenvalue weighted by molar-refractivity contribution is 0.600. The van der Waals surface area contributed by atoms with Crippen molar-refractivity contribution in [2.45, 2.75) is 11.8 Å². The van der Waals surface area contributed by atoms with Crippen LogP contribution in [0.15, 0.2) is 59.8 Å². The summed E-state index contributed by atoms with van der Waals surface area (Å²) >= 11 is 0. The number of benzene rings is 1. The Bertz CT molecular complexity index is 1250. The molecular weight excluding hydrogens is 362 g/mol. The number of hydrogen-bond donors (Lipinski definition) is 1. The Kier molecular flexibility index (Phi) is 3.92. The average Bonchev–Trinajstić information content (AvgIpc) is 3.05. The highest BCUT2D eigenvalue weighted by Gasteiger charge is 2.22. The van der Waals surface area contributed by atoms with Crippen LogP contribution in [0.1, 0.15) is 5.69 Å². The molecule has 0 unspecified atom stereocenters. The van der Waals surface area contributed by atoms with Crippen molar-refractivity contribution in [3.8, 4) is 22.4 Å². The molecule has 3 aromatic heterocycles. The van der Waals surface area contributed by atoms with E-state index >= 15 is 0 Å². The molecule has 0 aliphatic carbocycles. The number of pyridine rings is 1. The van der Waals surface area contributed by atoms with Gasteiger partial charge in [0, 0.05) is 29.1 Å². The van der Waals surface area contributed by atoms with Gasteiger partial charge >= 0.3 is 0 Å². The Labute approximate surface area is 156 Å². The quantitative estimate of drug-likeness (QED) is 0.587. The molecule has 8 heteroatoms. The summed E-state index contributed by atoms with van der Waals surface area (Å²) < 4.78 is 25.3. The molecule has 136 valence electrons. The monoisotopic (exact) mass is 379 g/mol. The summed E-state index contributed by atoms with van der Waals surface area (Å²) in [6.45, 7) is 1.63. The second-order valence-electron chi connectivity index (χ2n) is 6.28. The Morgan fingerprint density at radius 1 is 1.00 bits per heavy atom. The summed E-state index contributed by atoms with van der Waals surface area (Å²) in [6, 6.07) is 13.7. The molecule has 0 aliphatic rings. The summed E-state index contributed by atoms with van der Waals surface area (Å²) in [7, 11) is -3.51. The van der Waals surface area contributed by atoms with Gasteiger partial charge < -0.3 is 5.73 Å². The molecule has 4 aromatic rings. The molecule has 7 nitrogen and oxygen atoms in total. The number of rotatable bonds is 3. The first-order chi connectivity index (χ1) is 12.9. The first kappa shape index (κ1) is 17.2. The number of aryl methyl sites for hydroxylation is 1. The number of hydrogen-bond acceptors (Lipinski definition) is 6. The van der Waals surface area contributed by atoms with Gasteiger partial charge in [0.15, 0.2) is 15.5 Å². The zero-order valence-electron chi connectivity index (χ0n) is 14.8. The van der Waals surface area contributed by atoms with E-state index in [4.69, 9.17) is 5.73 Å². The standard InChI is InChI=1S/C19H17N5O2S/c1-12-17(27(2,25)26)18(20)24-19(23-12)15(11-22-24)14-8-9-16(21-10-14)13-6-4-3-5-7-13/h3-11H,20H2,1-2H3. The van der Waals surface area contributed by atoms with Crippen LogP contribution >= 0.6 is 0 Å². The fraction of sp³-hybridized carbons (Fsp3) is 0.105. The lowest BCUT2D eigenvalue weighted by Gasteiger charge is -2.09. The fourth-order valence-electron chi connectivity index (χ4n) is 3.11. The minimum absolute atomic E-state index is 0.00204. The summed E-state index contributed by atoms with van der Waals surface area (Å²) in [5.41, 5.74) is 10.3. The highest BCUT2D eigenvalue weighted by Crippen LogP contribution is 2.29. The van der Waals surface area contributed by atoms with Gasteiger partial charge in [-0.1, -0.05) is 36.4 Å². The molecule has 0 spiro atoms. The third-order valence-electron chi connectivity index (χ3n) is 4.32. The first-order valence-corrected chi connectivity index (χ1v) is 10.1. The molecule has 4 rings (SSSR count). The predicted molar refractivity (Wildman–Crippen MR) is 104 cm³/mol. The summed E-state index contributed by atoms with van der Waals surface area (Å²) in [5.74, 6) is 0.0557. The highest BCUT2D eigenvalue weighted by atomic mass is 32.2. The number of nitrogens with zero attached hydrogens (tertiary/aromatic N) is 4. The maximum Gasteiger partial charge on any atom is 0.180 e. The van der Waals surface area contributed by atoms with E-state index in [1.54, 1.807) is 19.3 Å². The smallest absolute Gasteiger partial charge is 0.180 e. The van der Waals surface area contributed by atoms with E-state index in [1.807, 2.05) is 42.5 Å². The Morgan fingerprint density at radius 3 is 2.37 bits per heavy atom. The van der Waals surface area contributed by atoms with Gasteiger partial charge in [-0.25, -0.2) is 13.4 Å². The van der Waals surface area contributed by atoms with Crippen LogP contribution in [0, 0.1) is 6.92 Å². The number of fused-ring (bicyclic) bond motifs is 1. The Hall–Kier alpha value is -3.26. The molecular formula is C19H17N5O2S. The molecule has 0 amide bonds. The molecule has 1 aromatic carbocycles. The maximum atomic E-state index is 12.0. The molecule has 0 saturated carbocycles. The minimum atomic E-state index is -3.51. The number of anilines is 1. The third-order valence-corrected chi connectivity index (χ3v) is 5.57. The fourth-order valence-corrected chi connectivity index (χ4v) is 4.16. The largest absolute Gasteiger partial charge is 0.382 e. The van der Waals surface area contributed by atoms with E-state index in [1.165, 1.54) is 4.52 Å². The van der Waals surface area contributed by atoms with E-state index < -0.39 is 9.84 Å². The molecule has 0 saturated heterocycles. The number of aromatic nitrogens is 4. The van der Waals surface area contributed by atoms with Crippen LogP contribution in [0.3, 0.4) is 0 Å². The molecule has 0 aliphatic heterocycles. The topological polar surface area (TPSA) is 103 Å². The van der Waals surface area contributed by atoms with Gasteiger partial charge in [0.2, 0.25) is 0 Å². The zero-order valence-corrected chi connectivity index (χ0v) is 15.6. The summed E-state index contributed by atoms with van der Waals surface area (Å²) in [5, 5.41) is 4.23. The molecule has 0 radical (unpaired) electrons. The van der Waals surface area contributed by atoms with Crippen LogP contribution in [0.4, 0.5) is 5.82 Å². The number of nitrogen functional groups attached to an aromatic ring is 1. The van der Waals surface area contributed by atoms with Crippen LogP contribution < -0.4 is 5.73 Å². The number of sulfone groups is 1. The molecule has 2 N–H and O–H groups in total. The van der Waals surface area contributed by atoms with Gasteiger partial charge in [-0.3, -0.25) is 4.98 Å². The normalized spacial score (nSPS) is 11.8. The van der Waals surface area contributed by atoms with Crippen LogP contribution in [0.2, 0.25) is 0 Å². The van der Waals surface area contributed by atoms with Gasteiger partial charge in [-0.05, 0) is 13.0 Å². The van der Waals surface area contributed by atoms with Crippen molar-refractivity contribution in [1.29, 1.82) is 0 Å². The lowest BCUT2D eigenvalue weighted by Crippen LogP contribution is -2.12. The summed E-state index contributed by atoms with van der Waals surface area (Å²) in [6.07, 6.45) is 4.47. The second kappa shape index (κ2) is 6.17. The van der Waals surface area contributed by atoms with Crippen LogP contribution in [-0.2, 0) is 9.84 Å². The zero-order chi connectivity index (χ0) is 19.2. The van der Waals surface area contributed by atoms with Crippen molar-refractivity contribution >= 4 is 21.3 Å². The van der Waals surface area contributed by atoms with Gasteiger partial charge in [0.05, 0.1) is 17.6 Å². The van der Waals surface area contributed by atoms with Gasteiger partial charge in [0.1, 0.15) is 10.7 Å². The van der Waals surface area contributed by atoms with E-state index in [2.05, 4.69) is 15.1 Å². The van der Waals surface area contributed by atoms with Crippen molar-refractivity contribution < 1.29 is 8.42 Å². The van der Waals surface area contributed by atoms with E-state index in [-0.39, 0.29) is 10.7 Å². The minimum Gasteiger partial charge on any atom is -0.382 e. The van der Waals surface area contributed by atoms with Gasteiger partial charge in [-0.15, -0.1) is 0 Å². The first-order valence-electron chi connectivity index (χ1n) is 8.22. The molecule has 27 heavy (non-hydrogen) atoms. The SMILES string of the molecule is Cc1nc2c(-c3ccc(-c4ccccc4)nc3)cnn2c(N)c1S(C)(=O)=O. The molecule has 3 heterocycles. The Morgan fingerprint density at radius 2 is 1.74 bits per heavy atom. The van der Waals surface area contributed by atoms with E-state index in [0.29, 0.717) is 11.3 Å². The average molecular weight is 379 g/mol. The van der Waals surface area contributed by atoms with Crippen LogP contribution in [0.5, 0.6) is 0 Å². The van der Waals surface area contributed by atoms with Crippen molar-refractivity contribution in [2.24, 2.45) is 0 Å². The van der Waals surface area contributed by atoms with Crippen molar-refractivity contribution in [3.63, 3.8) is 0 Å². The van der Waals surface area contributed by atoms with Crippen molar-refractivity contribution in [1.82, 2.24) is 19.6 Å². The summed E-state index contributed by atoms with van der Waals surface area (Å²) in [4.78, 5) is 8.96. The molecule has 0 atom stereocenters. The van der Waals surface area contributed by atoms with Gasteiger partial charge in [-0.2, -0.15) is 9.61 Å². The van der Waals surface area contributed by atoms with E-state index in [9.17, 15) is 8.42 Å². The molecule has 0 fully saturated rings. The highest BCUT2D eigenvalue weighted by molar-refractivity contribution is 7.91. The Balaban J connectivity index is 1.84. The van der Waals surface area contributed by atoms with Crippen molar-refractivity contribution in [3.05, 3.63) is 60.6 Å². The second-order valence-corrected chi connectivity index (χ2v) is 8.23.